The minimum absolute atomic E-state index is 0.200. The molecule has 4 aromatic rings. The van der Waals surface area contributed by atoms with Gasteiger partial charge in [0, 0.05) is 18.6 Å². The number of halogens is 1. The molecule has 0 aliphatic carbocycles. The summed E-state index contributed by atoms with van der Waals surface area (Å²) in [6.07, 6.45) is 5.35. The fourth-order valence-corrected chi connectivity index (χ4v) is 2.74. The van der Waals surface area contributed by atoms with Gasteiger partial charge in [-0.15, -0.1) is 0 Å². The number of hydrogen-bond acceptors (Lipinski definition) is 3. The molecule has 4 rings (SSSR count). The highest BCUT2D eigenvalue weighted by Gasteiger charge is 2.19. The van der Waals surface area contributed by atoms with E-state index in [9.17, 15) is 9.18 Å². The highest BCUT2D eigenvalue weighted by molar-refractivity contribution is 5.93. The summed E-state index contributed by atoms with van der Waals surface area (Å²) in [5.74, 6) is -1.23. The molecule has 4 aromatic heterocycles. The van der Waals surface area contributed by atoms with Gasteiger partial charge in [0.05, 0.1) is 12.2 Å². The number of amides is 1. The van der Waals surface area contributed by atoms with Gasteiger partial charge in [-0.1, -0.05) is 6.07 Å². The molecule has 0 saturated carbocycles. The third-order valence-corrected chi connectivity index (χ3v) is 4.02. The normalized spacial score (nSPS) is 11.3. The summed E-state index contributed by atoms with van der Waals surface area (Å²) in [4.78, 5) is 20.8. The van der Waals surface area contributed by atoms with E-state index in [1.54, 1.807) is 12.3 Å². The first-order valence-corrected chi connectivity index (χ1v) is 7.88. The second kappa shape index (κ2) is 5.70. The molecule has 0 aliphatic heterocycles. The number of imidazole rings is 2. The van der Waals surface area contributed by atoms with Crippen LogP contribution in [0.15, 0.2) is 42.9 Å². The number of fused-ring (bicyclic) bond motifs is 2. The summed E-state index contributed by atoms with van der Waals surface area (Å²) in [5, 5.41) is 2.68. The monoisotopic (exact) mass is 337 g/mol. The molecule has 6 nitrogen and oxygen atoms in total. The third-order valence-electron chi connectivity index (χ3n) is 4.02. The van der Waals surface area contributed by atoms with E-state index in [4.69, 9.17) is 0 Å². The van der Waals surface area contributed by atoms with Crippen molar-refractivity contribution in [1.82, 2.24) is 24.1 Å². The Balaban J connectivity index is 1.56. The van der Waals surface area contributed by atoms with Gasteiger partial charge >= 0.3 is 0 Å². The molecule has 0 bridgehead atoms. The molecule has 1 amide bonds. The molecule has 0 fully saturated rings. The molecule has 0 saturated heterocycles. The van der Waals surface area contributed by atoms with E-state index in [0.29, 0.717) is 11.3 Å². The Labute approximate surface area is 143 Å². The molecule has 0 radical (unpaired) electrons. The Hall–Kier alpha value is -3.22. The molecule has 25 heavy (non-hydrogen) atoms. The van der Waals surface area contributed by atoms with Gasteiger partial charge < -0.3 is 9.72 Å². The van der Waals surface area contributed by atoms with Gasteiger partial charge in [0.25, 0.3) is 5.91 Å². The molecule has 1 N–H and O–H groups in total. The minimum atomic E-state index is -0.665. The molecule has 0 spiro atoms. The molecule has 7 heteroatoms. The van der Waals surface area contributed by atoms with Crippen molar-refractivity contribution in [3.8, 4) is 0 Å². The van der Waals surface area contributed by atoms with Gasteiger partial charge in [-0.05, 0) is 43.2 Å². The van der Waals surface area contributed by atoms with Gasteiger partial charge in [0.2, 0.25) is 5.95 Å². The molecule has 4 heterocycles. The fourth-order valence-electron chi connectivity index (χ4n) is 2.74. The van der Waals surface area contributed by atoms with Crippen molar-refractivity contribution in [3.05, 3.63) is 71.3 Å². The number of carbonyl (C=O) groups is 1. The zero-order valence-electron chi connectivity index (χ0n) is 13.8. The van der Waals surface area contributed by atoms with Gasteiger partial charge in [-0.2, -0.15) is 4.39 Å². The number of aryl methyl sites for hydroxylation is 2. The Morgan fingerprint density at radius 1 is 1.12 bits per heavy atom. The van der Waals surface area contributed by atoms with Crippen molar-refractivity contribution in [1.29, 1.82) is 0 Å². The molecule has 0 atom stereocenters. The topological polar surface area (TPSA) is 63.7 Å². The van der Waals surface area contributed by atoms with Crippen LogP contribution >= 0.6 is 0 Å². The number of carbonyl (C=O) groups excluding carboxylic acids is 1. The average molecular weight is 337 g/mol. The van der Waals surface area contributed by atoms with E-state index in [-0.39, 0.29) is 12.2 Å². The quantitative estimate of drug-likeness (QED) is 0.625. The lowest BCUT2D eigenvalue weighted by molar-refractivity contribution is 0.0941. The summed E-state index contributed by atoms with van der Waals surface area (Å²) in [7, 11) is 0. The van der Waals surface area contributed by atoms with Gasteiger partial charge in [-0.25, -0.2) is 9.97 Å². The summed E-state index contributed by atoms with van der Waals surface area (Å²) in [6.45, 7) is 4.04. The van der Waals surface area contributed by atoms with Crippen LogP contribution in [0.5, 0.6) is 0 Å². The highest BCUT2D eigenvalue weighted by atomic mass is 19.1. The number of pyridine rings is 2. The van der Waals surface area contributed by atoms with E-state index >= 15 is 0 Å². The Morgan fingerprint density at radius 3 is 2.80 bits per heavy atom. The predicted molar refractivity (Wildman–Crippen MR) is 91.0 cm³/mol. The highest BCUT2D eigenvalue weighted by Crippen LogP contribution is 2.13. The van der Waals surface area contributed by atoms with Gasteiger partial charge in [0.15, 0.2) is 5.69 Å². The van der Waals surface area contributed by atoms with Crippen LogP contribution in [0, 0.1) is 19.8 Å². The smallest absolute Gasteiger partial charge is 0.275 e. The maximum atomic E-state index is 14.4. The van der Waals surface area contributed by atoms with Crippen LogP contribution in [-0.4, -0.2) is 24.7 Å². The SMILES string of the molecule is Cc1ccn2cc(CNC(=O)c3nc4ccc(C)cn4c3F)nc2c1. The van der Waals surface area contributed by atoms with E-state index in [1.807, 2.05) is 48.8 Å². The van der Waals surface area contributed by atoms with Crippen molar-refractivity contribution in [3.63, 3.8) is 0 Å². The lowest BCUT2D eigenvalue weighted by Crippen LogP contribution is -2.24. The van der Waals surface area contributed by atoms with Gasteiger partial charge in [-0.3, -0.25) is 9.20 Å². The van der Waals surface area contributed by atoms with Crippen LogP contribution in [0.2, 0.25) is 0 Å². The minimum Gasteiger partial charge on any atom is -0.345 e. The average Bonchev–Trinajstić information content (AvgIpc) is 3.13. The van der Waals surface area contributed by atoms with Crippen molar-refractivity contribution >= 4 is 17.2 Å². The zero-order valence-corrected chi connectivity index (χ0v) is 13.8. The lowest BCUT2D eigenvalue weighted by Gasteiger charge is -2.00. The molecule has 0 aliphatic rings. The first-order valence-electron chi connectivity index (χ1n) is 7.88. The predicted octanol–water partition coefficient (Wildman–Crippen LogP) is 2.67. The first kappa shape index (κ1) is 15.3. The van der Waals surface area contributed by atoms with Crippen LogP contribution in [0.25, 0.3) is 11.3 Å². The zero-order chi connectivity index (χ0) is 17.6. The number of rotatable bonds is 3. The maximum Gasteiger partial charge on any atom is 0.275 e. The molecular weight excluding hydrogens is 321 g/mol. The van der Waals surface area contributed by atoms with Crippen molar-refractivity contribution in [2.24, 2.45) is 0 Å². The van der Waals surface area contributed by atoms with E-state index in [1.165, 1.54) is 4.40 Å². The summed E-state index contributed by atoms with van der Waals surface area (Å²) in [6, 6.07) is 7.43. The van der Waals surface area contributed by atoms with E-state index in [0.717, 1.165) is 16.8 Å². The maximum absolute atomic E-state index is 14.4. The number of aromatic nitrogens is 4. The Kier molecular flexibility index (Phi) is 3.49. The molecule has 0 aromatic carbocycles. The fraction of sp³-hybridized carbons (Fsp3) is 0.167. The van der Waals surface area contributed by atoms with E-state index in [2.05, 4.69) is 15.3 Å². The lowest BCUT2D eigenvalue weighted by atomic mass is 10.3. The van der Waals surface area contributed by atoms with Crippen LogP contribution < -0.4 is 5.32 Å². The summed E-state index contributed by atoms with van der Waals surface area (Å²) < 4.78 is 17.6. The van der Waals surface area contributed by atoms with Crippen LogP contribution in [0.4, 0.5) is 4.39 Å². The largest absolute Gasteiger partial charge is 0.345 e. The van der Waals surface area contributed by atoms with Crippen LogP contribution in [0.1, 0.15) is 27.3 Å². The Morgan fingerprint density at radius 2 is 1.96 bits per heavy atom. The van der Waals surface area contributed by atoms with Crippen molar-refractivity contribution in [2.45, 2.75) is 20.4 Å². The van der Waals surface area contributed by atoms with Crippen LogP contribution in [-0.2, 0) is 6.54 Å². The van der Waals surface area contributed by atoms with Crippen molar-refractivity contribution < 1.29 is 9.18 Å². The number of hydrogen-bond donors (Lipinski definition) is 1. The first-order chi connectivity index (χ1) is 12.0. The standard InChI is InChI=1S/C18H16FN5O/c1-11-5-6-23-10-13(21-15(23)7-11)8-20-18(25)16-17(19)24-9-12(2)3-4-14(24)22-16/h3-7,9-10H,8H2,1-2H3,(H,20,25). The Bertz CT molecular complexity index is 1110. The van der Waals surface area contributed by atoms with Gasteiger partial charge in [0.1, 0.15) is 11.3 Å². The number of nitrogens with one attached hydrogen (secondary N) is 1. The van der Waals surface area contributed by atoms with E-state index < -0.39 is 11.9 Å². The third kappa shape index (κ3) is 2.73. The summed E-state index contributed by atoms with van der Waals surface area (Å²) in [5.41, 5.74) is 3.67. The van der Waals surface area contributed by atoms with Crippen molar-refractivity contribution in [2.75, 3.05) is 0 Å². The molecular formula is C18H16FN5O. The van der Waals surface area contributed by atoms with Crippen LogP contribution in [0.3, 0.4) is 0 Å². The second-order valence-electron chi connectivity index (χ2n) is 6.07. The number of nitrogens with zero attached hydrogens (tertiary/aromatic N) is 4. The summed E-state index contributed by atoms with van der Waals surface area (Å²) >= 11 is 0. The second-order valence-corrected chi connectivity index (χ2v) is 6.07. The molecule has 126 valence electrons. The molecule has 0 unspecified atom stereocenters.